The molecule has 2 N–H and O–H groups in total. The van der Waals surface area contributed by atoms with Crippen molar-refractivity contribution in [2.24, 2.45) is 0 Å². The van der Waals surface area contributed by atoms with Crippen LogP contribution in [0.25, 0.3) is 0 Å². The Kier molecular flexibility index (Phi) is 6.80. The molecule has 1 aromatic rings. The number of thiocarbonyl (C=S) groups is 1. The lowest BCUT2D eigenvalue weighted by Gasteiger charge is -2.33. The lowest BCUT2D eigenvalue weighted by Crippen LogP contribution is -3.14. The minimum Gasteiger partial charge on any atom is -0.465 e. The lowest BCUT2D eigenvalue weighted by atomic mass is 10.2. The average Bonchev–Trinajstić information content (AvgIpc) is 2.98. The zero-order chi connectivity index (χ0) is 16.8. The van der Waals surface area contributed by atoms with Gasteiger partial charge in [0, 0.05) is 4.88 Å². The van der Waals surface area contributed by atoms with Gasteiger partial charge in [-0.05, 0) is 31.1 Å². The first kappa shape index (κ1) is 18.2. The second-order valence-corrected chi connectivity index (χ2v) is 7.24. The highest BCUT2D eigenvalue weighted by molar-refractivity contribution is 7.80. The third kappa shape index (κ3) is 4.65. The number of nitrogens with one attached hydrogen (secondary N) is 2. The molecular formula is C16H26N3O2S2+. The van der Waals surface area contributed by atoms with E-state index in [1.165, 1.54) is 20.1 Å². The van der Waals surface area contributed by atoms with Crippen LogP contribution in [0.4, 0.5) is 5.00 Å². The number of esters is 1. The number of rotatable bonds is 5. The van der Waals surface area contributed by atoms with Crippen LogP contribution in [0.2, 0.25) is 0 Å². The van der Waals surface area contributed by atoms with E-state index < -0.39 is 0 Å². The van der Waals surface area contributed by atoms with Crippen LogP contribution in [0, 0.1) is 0 Å². The third-order valence-electron chi connectivity index (χ3n) is 4.12. The molecule has 0 aromatic carbocycles. The molecule has 1 aromatic heterocycles. The number of hydrogen-bond acceptors (Lipinski definition) is 4. The summed E-state index contributed by atoms with van der Waals surface area (Å²) >= 11 is 7.12. The number of anilines is 1. The van der Waals surface area contributed by atoms with Crippen LogP contribution in [-0.2, 0) is 11.2 Å². The Balaban J connectivity index is 2.00. The van der Waals surface area contributed by atoms with Crippen molar-refractivity contribution in [1.29, 1.82) is 0 Å². The first-order valence-electron chi connectivity index (χ1n) is 8.19. The second kappa shape index (κ2) is 8.61. The van der Waals surface area contributed by atoms with Gasteiger partial charge in [0.15, 0.2) is 5.11 Å². The first-order valence-corrected chi connectivity index (χ1v) is 9.42. The monoisotopic (exact) mass is 356 g/mol. The van der Waals surface area contributed by atoms with Crippen LogP contribution in [0.3, 0.4) is 0 Å². The van der Waals surface area contributed by atoms with Gasteiger partial charge in [0.1, 0.15) is 5.00 Å². The first-order chi connectivity index (χ1) is 11.1. The number of aryl methyl sites for hydroxylation is 1. The molecule has 23 heavy (non-hydrogen) atoms. The van der Waals surface area contributed by atoms with Gasteiger partial charge >= 0.3 is 5.97 Å². The Morgan fingerprint density at radius 1 is 1.43 bits per heavy atom. The van der Waals surface area contributed by atoms with E-state index in [4.69, 9.17) is 17.0 Å². The highest BCUT2D eigenvalue weighted by atomic mass is 32.1. The number of methoxy groups -OCH3 is 1. The molecular weight excluding hydrogens is 330 g/mol. The minimum absolute atomic E-state index is 0.316. The number of quaternary nitrogens is 1. The van der Waals surface area contributed by atoms with Crippen LogP contribution in [0.15, 0.2) is 6.07 Å². The smallest absolute Gasteiger partial charge is 0.340 e. The highest BCUT2D eigenvalue weighted by Gasteiger charge is 2.23. The standard InChI is InChI=1S/C16H25N3O2S2/c1-4-6-18-7-9-19(10-8-18)16(22)17-14-13(15(20)21-3)11-12(5-2)23-14/h11H,4-10H2,1-3H3,(H,17,22)/p+1. The Labute approximate surface area is 147 Å². The van der Waals surface area contributed by atoms with Gasteiger partial charge in [-0.2, -0.15) is 0 Å². The third-order valence-corrected chi connectivity index (χ3v) is 5.67. The molecule has 0 saturated carbocycles. The number of piperazine rings is 1. The summed E-state index contributed by atoms with van der Waals surface area (Å²) in [5, 5.41) is 4.76. The van der Waals surface area contributed by atoms with E-state index in [0.717, 1.165) is 42.5 Å². The molecule has 0 spiro atoms. The predicted molar refractivity (Wildman–Crippen MR) is 98.7 cm³/mol. The van der Waals surface area contributed by atoms with E-state index in [2.05, 4.69) is 24.1 Å². The summed E-state index contributed by atoms with van der Waals surface area (Å²) in [7, 11) is 1.41. The zero-order valence-electron chi connectivity index (χ0n) is 14.1. The molecule has 7 heteroatoms. The van der Waals surface area contributed by atoms with Crippen LogP contribution < -0.4 is 10.2 Å². The van der Waals surface area contributed by atoms with Crippen molar-refractivity contribution in [3.8, 4) is 0 Å². The van der Waals surface area contributed by atoms with Gasteiger partial charge in [0.25, 0.3) is 0 Å². The molecule has 0 aliphatic carbocycles. The Bertz CT molecular complexity index is 552. The van der Waals surface area contributed by atoms with Gasteiger partial charge in [0.05, 0.1) is 45.4 Å². The van der Waals surface area contributed by atoms with Gasteiger partial charge in [-0.25, -0.2) is 4.79 Å². The summed E-state index contributed by atoms with van der Waals surface area (Å²) in [6, 6.07) is 1.89. The maximum atomic E-state index is 11.9. The molecule has 0 unspecified atom stereocenters. The van der Waals surface area contributed by atoms with Gasteiger partial charge in [0.2, 0.25) is 0 Å². The fourth-order valence-electron chi connectivity index (χ4n) is 2.78. The molecule has 0 atom stereocenters. The van der Waals surface area contributed by atoms with Crippen molar-refractivity contribution in [3.63, 3.8) is 0 Å². The zero-order valence-corrected chi connectivity index (χ0v) is 15.7. The molecule has 128 valence electrons. The lowest BCUT2D eigenvalue weighted by molar-refractivity contribution is -0.903. The van der Waals surface area contributed by atoms with Gasteiger partial charge in [-0.3, -0.25) is 0 Å². The van der Waals surface area contributed by atoms with E-state index in [1.807, 2.05) is 6.07 Å². The molecule has 1 saturated heterocycles. The topological polar surface area (TPSA) is 46.0 Å². The maximum Gasteiger partial charge on any atom is 0.340 e. The normalized spacial score (nSPS) is 15.5. The van der Waals surface area contributed by atoms with E-state index in [1.54, 1.807) is 16.2 Å². The summed E-state index contributed by atoms with van der Waals surface area (Å²) < 4.78 is 4.87. The molecule has 2 heterocycles. The number of carbonyl (C=O) groups is 1. The molecule has 0 radical (unpaired) electrons. The number of ether oxygens (including phenoxy) is 1. The molecule has 5 nitrogen and oxygen atoms in total. The van der Waals surface area contributed by atoms with Crippen LogP contribution in [0.5, 0.6) is 0 Å². The quantitative estimate of drug-likeness (QED) is 0.617. The minimum atomic E-state index is -0.316. The van der Waals surface area contributed by atoms with E-state index in [9.17, 15) is 4.79 Å². The summed E-state index contributed by atoms with van der Waals surface area (Å²) in [5.74, 6) is -0.316. The molecule has 0 amide bonds. The SMILES string of the molecule is CCC[NH+]1CCN(C(=S)Nc2sc(CC)cc2C(=O)OC)CC1. The number of carbonyl (C=O) groups excluding carboxylic acids is 1. The maximum absolute atomic E-state index is 11.9. The van der Waals surface area contributed by atoms with Crippen molar-refractivity contribution in [1.82, 2.24) is 4.90 Å². The Morgan fingerprint density at radius 3 is 2.70 bits per heavy atom. The number of nitrogens with zero attached hydrogens (tertiary/aromatic N) is 1. The Hall–Kier alpha value is -1.18. The fourth-order valence-corrected chi connectivity index (χ4v) is 4.11. The number of hydrogen-bond donors (Lipinski definition) is 2. The van der Waals surface area contributed by atoms with Crippen molar-refractivity contribution < 1.29 is 14.4 Å². The fraction of sp³-hybridized carbons (Fsp3) is 0.625. The molecule has 1 aliphatic heterocycles. The van der Waals surface area contributed by atoms with Crippen LogP contribution >= 0.6 is 23.6 Å². The summed E-state index contributed by atoms with van der Waals surface area (Å²) in [6.07, 6.45) is 2.11. The average molecular weight is 357 g/mol. The number of thiophene rings is 1. The van der Waals surface area contributed by atoms with Gasteiger partial charge in [-0.1, -0.05) is 13.8 Å². The van der Waals surface area contributed by atoms with Gasteiger partial charge in [-0.15, -0.1) is 11.3 Å². The van der Waals surface area contributed by atoms with E-state index in [-0.39, 0.29) is 5.97 Å². The molecule has 0 bridgehead atoms. The van der Waals surface area contributed by atoms with Crippen LogP contribution in [0.1, 0.15) is 35.5 Å². The van der Waals surface area contributed by atoms with Crippen molar-refractivity contribution in [2.75, 3.05) is 45.2 Å². The summed E-state index contributed by atoms with van der Waals surface area (Å²) in [5.41, 5.74) is 0.576. The molecule has 2 rings (SSSR count). The van der Waals surface area contributed by atoms with E-state index >= 15 is 0 Å². The predicted octanol–water partition coefficient (Wildman–Crippen LogP) is 1.40. The second-order valence-electron chi connectivity index (χ2n) is 5.72. The van der Waals surface area contributed by atoms with E-state index in [0.29, 0.717) is 10.7 Å². The molecule has 1 fully saturated rings. The Morgan fingerprint density at radius 2 is 2.13 bits per heavy atom. The summed E-state index contributed by atoms with van der Waals surface area (Å²) in [4.78, 5) is 16.9. The van der Waals surface area contributed by atoms with Crippen molar-refractivity contribution in [3.05, 3.63) is 16.5 Å². The van der Waals surface area contributed by atoms with Crippen molar-refractivity contribution >= 4 is 39.6 Å². The summed E-state index contributed by atoms with van der Waals surface area (Å²) in [6.45, 7) is 9.67. The van der Waals surface area contributed by atoms with Crippen LogP contribution in [-0.4, -0.2) is 55.8 Å². The van der Waals surface area contributed by atoms with Crippen molar-refractivity contribution in [2.45, 2.75) is 26.7 Å². The van der Waals surface area contributed by atoms with Gasteiger partial charge < -0.3 is 19.9 Å². The largest absolute Gasteiger partial charge is 0.465 e. The molecule has 1 aliphatic rings. The highest BCUT2D eigenvalue weighted by Crippen LogP contribution is 2.29.